The largest absolute Gasteiger partial charge is 0.340 e. The molecule has 2 amide bonds. The molecule has 2 rings (SSSR count). The van der Waals surface area contributed by atoms with Crippen LogP contribution in [0.3, 0.4) is 0 Å². The number of aromatic nitrogens is 1. The van der Waals surface area contributed by atoms with Crippen molar-refractivity contribution in [2.75, 3.05) is 17.3 Å². The Morgan fingerprint density at radius 2 is 2.12 bits per heavy atom. The number of halogens is 1. The number of carbonyl (C=O) groups excluding carboxylic acids is 2. The molecule has 1 aromatic carbocycles. The molecule has 24 heavy (non-hydrogen) atoms. The van der Waals surface area contributed by atoms with Crippen LogP contribution in [0.5, 0.6) is 0 Å². The summed E-state index contributed by atoms with van der Waals surface area (Å²) < 4.78 is 0. The van der Waals surface area contributed by atoms with Crippen LogP contribution in [0.4, 0.5) is 5.13 Å². The van der Waals surface area contributed by atoms with Crippen molar-refractivity contribution in [3.63, 3.8) is 0 Å². The Bertz CT molecular complexity index is 721. The molecule has 0 bridgehead atoms. The molecule has 2 N–H and O–H groups in total. The summed E-state index contributed by atoms with van der Waals surface area (Å²) in [6.07, 6.45) is 2.47. The van der Waals surface area contributed by atoms with E-state index in [-0.39, 0.29) is 11.8 Å². The molecule has 0 aliphatic rings. The Hall–Kier alpha value is -1.57. The molecule has 0 saturated heterocycles. The van der Waals surface area contributed by atoms with Gasteiger partial charge in [-0.05, 0) is 37.5 Å². The molecule has 8 heteroatoms. The fourth-order valence-corrected chi connectivity index (χ4v) is 3.37. The Morgan fingerprint density at radius 1 is 1.38 bits per heavy atom. The summed E-state index contributed by atoms with van der Waals surface area (Å²) in [5.41, 5.74) is 1.20. The lowest BCUT2D eigenvalue weighted by atomic mass is 10.1. The highest BCUT2D eigenvalue weighted by Gasteiger charge is 2.22. The molecule has 1 aromatic heterocycles. The van der Waals surface area contributed by atoms with E-state index in [9.17, 15) is 9.59 Å². The molecule has 5 nitrogen and oxygen atoms in total. The average molecular weight is 384 g/mol. The van der Waals surface area contributed by atoms with Crippen molar-refractivity contribution in [1.29, 1.82) is 0 Å². The molecule has 0 spiro atoms. The number of thiazole rings is 1. The van der Waals surface area contributed by atoms with Crippen LogP contribution < -0.4 is 10.6 Å². The summed E-state index contributed by atoms with van der Waals surface area (Å²) in [5.74, 6) is 0.105. The van der Waals surface area contributed by atoms with Gasteiger partial charge in [0.25, 0.3) is 5.91 Å². The second-order valence-corrected chi connectivity index (χ2v) is 7.32. The van der Waals surface area contributed by atoms with Crippen molar-refractivity contribution in [3.8, 4) is 0 Å². The minimum absolute atomic E-state index is 0.279. The van der Waals surface area contributed by atoms with Gasteiger partial charge in [-0.25, -0.2) is 4.98 Å². The zero-order valence-electron chi connectivity index (χ0n) is 13.3. The maximum atomic E-state index is 12.5. The van der Waals surface area contributed by atoms with Gasteiger partial charge in [0.15, 0.2) is 5.13 Å². The lowest BCUT2D eigenvalue weighted by molar-refractivity contribution is -0.118. The van der Waals surface area contributed by atoms with Crippen molar-refractivity contribution < 1.29 is 9.59 Å². The van der Waals surface area contributed by atoms with Gasteiger partial charge >= 0.3 is 0 Å². The summed E-state index contributed by atoms with van der Waals surface area (Å²) in [6.45, 7) is 1.86. The van der Waals surface area contributed by atoms with Gasteiger partial charge in [-0.2, -0.15) is 11.8 Å². The third-order valence-corrected chi connectivity index (χ3v) is 5.05. The van der Waals surface area contributed by atoms with E-state index in [1.807, 2.05) is 18.6 Å². The molecular formula is C16H18ClN3O2S2. The summed E-state index contributed by atoms with van der Waals surface area (Å²) in [4.78, 5) is 29.1. The second-order valence-electron chi connectivity index (χ2n) is 5.07. The molecule has 1 atom stereocenters. The van der Waals surface area contributed by atoms with E-state index in [0.717, 1.165) is 11.4 Å². The van der Waals surface area contributed by atoms with E-state index >= 15 is 0 Å². The molecule has 0 saturated carbocycles. The van der Waals surface area contributed by atoms with Crippen molar-refractivity contribution in [3.05, 3.63) is 45.9 Å². The Labute approximate surface area is 154 Å². The zero-order valence-corrected chi connectivity index (χ0v) is 15.7. The predicted molar refractivity (Wildman–Crippen MR) is 101 cm³/mol. The summed E-state index contributed by atoms with van der Waals surface area (Å²) in [5, 5.41) is 8.26. The van der Waals surface area contributed by atoms with Crippen LogP contribution in [0.2, 0.25) is 5.02 Å². The van der Waals surface area contributed by atoms with Gasteiger partial charge < -0.3 is 10.6 Å². The minimum atomic E-state index is -0.648. The summed E-state index contributed by atoms with van der Waals surface area (Å²) >= 11 is 9.01. The third kappa shape index (κ3) is 5.22. The second kappa shape index (κ2) is 9.05. The van der Waals surface area contributed by atoms with Crippen molar-refractivity contribution in [2.24, 2.45) is 0 Å². The number of nitrogens with one attached hydrogen (secondary N) is 2. The SMILES string of the molecule is CSCC[C@H](NC(=O)c1ccccc1Cl)C(=O)Nc1nc(C)cs1. The fraction of sp³-hybridized carbons (Fsp3) is 0.312. The average Bonchev–Trinajstić information content (AvgIpc) is 2.96. The summed E-state index contributed by atoms with van der Waals surface area (Å²) in [7, 11) is 0. The van der Waals surface area contributed by atoms with Gasteiger partial charge in [-0.3, -0.25) is 9.59 Å². The van der Waals surface area contributed by atoms with Crippen LogP contribution in [0.15, 0.2) is 29.6 Å². The van der Waals surface area contributed by atoms with Gasteiger partial charge in [0.1, 0.15) is 6.04 Å². The number of anilines is 1. The van der Waals surface area contributed by atoms with E-state index in [1.165, 1.54) is 11.3 Å². The van der Waals surface area contributed by atoms with E-state index in [1.54, 1.807) is 36.0 Å². The molecule has 1 heterocycles. The first-order valence-electron chi connectivity index (χ1n) is 7.28. The number of aryl methyl sites for hydroxylation is 1. The van der Waals surface area contributed by atoms with E-state index in [0.29, 0.717) is 22.1 Å². The molecule has 128 valence electrons. The molecule has 0 radical (unpaired) electrons. The van der Waals surface area contributed by atoms with Crippen LogP contribution in [0.25, 0.3) is 0 Å². The highest BCUT2D eigenvalue weighted by molar-refractivity contribution is 7.98. The van der Waals surface area contributed by atoms with Crippen LogP contribution in [0.1, 0.15) is 22.5 Å². The first-order chi connectivity index (χ1) is 11.5. The number of thioether (sulfide) groups is 1. The smallest absolute Gasteiger partial charge is 0.253 e. The number of hydrogen-bond acceptors (Lipinski definition) is 5. The van der Waals surface area contributed by atoms with Gasteiger partial charge in [-0.15, -0.1) is 11.3 Å². The van der Waals surface area contributed by atoms with Gasteiger partial charge in [0.05, 0.1) is 16.3 Å². The van der Waals surface area contributed by atoms with Gasteiger partial charge in [-0.1, -0.05) is 23.7 Å². The van der Waals surface area contributed by atoms with E-state index < -0.39 is 6.04 Å². The highest BCUT2D eigenvalue weighted by Crippen LogP contribution is 2.17. The Balaban J connectivity index is 2.08. The first kappa shape index (κ1) is 18.8. The molecular weight excluding hydrogens is 366 g/mol. The molecule has 0 aliphatic carbocycles. The van der Waals surface area contributed by atoms with Crippen molar-refractivity contribution >= 4 is 51.6 Å². The number of carbonyl (C=O) groups is 2. The number of benzene rings is 1. The third-order valence-electron chi connectivity index (χ3n) is 3.20. The van der Waals surface area contributed by atoms with Crippen LogP contribution >= 0.6 is 34.7 Å². The van der Waals surface area contributed by atoms with E-state index in [2.05, 4.69) is 15.6 Å². The standard InChI is InChI=1S/C16H18ClN3O2S2/c1-10-9-24-16(18-10)20-15(22)13(7-8-23-2)19-14(21)11-5-3-4-6-12(11)17/h3-6,9,13H,7-8H2,1-2H3,(H,19,21)(H,18,20,22)/t13-/m0/s1. The Morgan fingerprint density at radius 3 is 2.75 bits per heavy atom. The first-order valence-corrected chi connectivity index (χ1v) is 9.93. The lowest BCUT2D eigenvalue weighted by Crippen LogP contribution is -2.44. The topological polar surface area (TPSA) is 71.1 Å². The van der Waals surface area contributed by atoms with Crippen LogP contribution in [-0.2, 0) is 4.79 Å². The fourth-order valence-electron chi connectivity index (χ4n) is 1.99. The monoisotopic (exact) mass is 383 g/mol. The zero-order chi connectivity index (χ0) is 17.5. The number of amides is 2. The molecule has 0 aliphatic heterocycles. The van der Waals surface area contributed by atoms with Crippen LogP contribution in [0, 0.1) is 6.92 Å². The van der Waals surface area contributed by atoms with Gasteiger partial charge in [0.2, 0.25) is 5.91 Å². The maximum Gasteiger partial charge on any atom is 0.253 e. The predicted octanol–water partition coefficient (Wildman–Crippen LogP) is 3.60. The molecule has 0 fully saturated rings. The van der Waals surface area contributed by atoms with Crippen molar-refractivity contribution in [1.82, 2.24) is 10.3 Å². The molecule has 2 aromatic rings. The quantitative estimate of drug-likeness (QED) is 0.766. The number of rotatable bonds is 7. The van der Waals surface area contributed by atoms with Gasteiger partial charge in [0, 0.05) is 5.38 Å². The highest BCUT2D eigenvalue weighted by atomic mass is 35.5. The number of nitrogens with zero attached hydrogens (tertiary/aromatic N) is 1. The normalized spacial score (nSPS) is 11.8. The van der Waals surface area contributed by atoms with Crippen LogP contribution in [-0.4, -0.2) is 34.8 Å². The van der Waals surface area contributed by atoms with E-state index in [4.69, 9.17) is 11.6 Å². The number of hydrogen-bond donors (Lipinski definition) is 2. The Kier molecular flexibility index (Phi) is 7.08. The summed E-state index contributed by atoms with van der Waals surface area (Å²) in [6, 6.07) is 6.11. The molecule has 0 unspecified atom stereocenters. The lowest BCUT2D eigenvalue weighted by Gasteiger charge is -2.17. The maximum absolute atomic E-state index is 12.5. The van der Waals surface area contributed by atoms with Crippen molar-refractivity contribution in [2.45, 2.75) is 19.4 Å². The minimum Gasteiger partial charge on any atom is -0.340 e.